The Morgan fingerprint density at radius 2 is 1.57 bits per heavy atom. The molecule has 1 aliphatic heterocycles. The van der Waals surface area contributed by atoms with Gasteiger partial charge in [0.05, 0.1) is 29.5 Å². The number of methoxy groups -OCH3 is 1. The van der Waals surface area contributed by atoms with Crippen LogP contribution in [0.25, 0.3) is 0 Å². The molecule has 1 aromatic heterocycles. The molecule has 1 fully saturated rings. The Bertz CT molecular complexity index is 1380. The largest absolute Gasteiger partial charge is 0.573 e. The normalized spacial score (nSPS) is 14.1. The van der Waals surface area contributed by atoms with Crippen LogP contribution in [-0.4, -0.2) is 53.1 Å². The van der Waals surface area contributed by atoms with E-state index in [2.05, 4.69) is 25.4 Å². The lowest BCUT2D eigenvalue weighted by Gasteiger charge is -2.37. The smallest absolute Gasteiger partial charge is 0.497 e. The van der Waals surface area contributed by atoms with Crippen LogP contribution in [0.15, 0.2) is 65.7 Å². The number of hydrogen-bond donors (Lipinski definition) is 1. The number of rotatable bonds is 7. The second kappa shape index (κ2) is 10.4. The minimum atomic E-state index is -4.89. The van der Waals surface area contributed by atoms with Gasteiger partial charge in [-0.05, 0) is 54.6 Å². The maximum Gasteiger partial charge on any atom is 0.573 e. The van der Waals surface area contributed by atoms with E-state index < -0.39 is 22.1 Å². The predicted octanol–water partition coefficient (Wildman–Crippen LogP) is 3.99. The lowest BCUT2D eigenvalue weighted by Crippen LogP contribution is -2.47. The van der Waals surface area contributed by atoms with E-state index in [1.807, 2.05) is 29.2 Å². The zero-order valence-corrected chi connectivity index (χ0v) is 20.4. The van der Waals surface area contributed by atoms with E-state index >= 15 is 0 Å². The Kier molecular flexibility index (Phi) is 7.30. The molecule has 2 heterocycles. The minimum absolute atomic E-state index is 0.0489. The van der Waals surface area contributed by atoms with Gasteiger partial charge in [0, 0.05) is 31.9 Å². The molecule has 0 spiro atoms. The second-order valence-electron chi connectivity index (χ2n) is 8.00. The Labute approximate surface area is 211 Å². The van der Waals surface area contributed by atoms with Crippen LogP contribution in [0.3, 0.4) is 0 Å². The number of halogens is 3. The Morgan fingerprint density at radius 1 is 0.973 bits per heavy atom. The summed E-state index contributed by atoms with van der Waals surface area (Å²) in [7, 11) is -2.54. The molecule has 1 N–H and O–H groups in total. The van der Waals surface area contributed by atoms with E-state index in [9.17, 15) is 26.9 Å². The number of anilines is 3. The van der Waals surface area contributed by atoms with Gasteiger partial charge in [0.25, 0.3) is 10.0 Å². The summed E-state index contributed by atoms with van der Waals surface area (Å²) in [5.41, 5.74) is 1.29. The van der Waals surface area contributed by atoms with E-state index in [1.54, 1.807) is 7.11 Å². The van der Waals surface area contributed by atoms with Crippen LogP contribution in [0.2, 0.25) is 0 Å². The van der Waals surface area contributed by atoms with Crippen molar-refractivity contribution >= 4 is 27.2 Å². The first-order valence-corrected chi connectivity index (χ1v) is 12.5. The molecule has 0 radical (unpaired) electrons. The third-order valence-electron chi connectivity index (χ3n) is 5.62. The van der Waals surface area contributed by atoms with E-state index in [1.165, 1.54) is 12.3 Å². The number of aromatic nitrogens is 1. The number of ether oxygens (including phenoxy) is 2. The highest BCUT2D eigenvalue weighted by Gasteiger charge is 2.31. The molecule has 0 amide bonds. The molecule has 0 atom stereocenters. The molecule has 194 valence electrons. The van der Waals surface area contributed by atoms with Gasteiger partial charge in [-0.1, -0.05) is 0 Å². The number of pyridine rings is 1. The van der Waals surface area contributed by atoms with Crippen LogP contribution in [0, 0.1) is 11.3 Å². The second-order valence-corrected chi connectivity index (χ2v) is 9.69. The number of nitrogens with zero attached hydrogens (tertiary/aromatic N) is 4. The molecule has 13 heteroatoms. The molecular formula is C24H22F3N5O4S. The summed E-state index contributed by atoms with van der Waals surface area (Å²) in [6, 6.07) is 14.9. The van der Waals surface area contributed by atoms with Crippen molar-refractivity contribution in [3.8, 4) is 17.6 Å². The van der Waals surface area contributed by atoms with Crippen LogP contribution >= 0.6 is 0 Å². The van der Waals surface area contributed by atoms with Crippen molar-refractivity contribution in [3.63, 3.8) is 0 Å². The topological polar surface area (TPSA) is 108 Å². The summed E-state index contributed by atoms with van der Waals surface area (Å²) in [5.74, 6) is 0.665. The molecular weight excluding hydrogens is 511 g/mol. The SMILES string of the molecule is COc1ccc(N2CCN(c3ncc(NS(=O)(=O)c4ccc(OC(F)(F)F)cc4)cc3C#N)CC2)cc1. The quantitative estimate of drug-likeness (QED) is 0.486. The van der Waals surface area contributed by atoms with Crippen molar-refractivity contribution in [2.45, 2.75) is 11.3 Å². The van der Waals surface area contributed by atoms with Crippen molar-refractivity contribution in [3.05, 3.63) is 66.4 Å². The van der Waals surface area contributed by atoms with Crippen LogP contribution in [0.4, 0.5) is 30.4 Å². The summed E-state index contributed by atoms with van der Waals surface area (Å²) >= 11 is 0. The van der Waals surface area contributed by atoms with Crippen molar-refractivity contribution < 1.29 is 31.1 Å². The van der Waals surface area contributed by atoms with Crippen molar-refractivity contribution in [1.82, 2.24) is 4.98 Å². The molecule has 2 aromatic carbocycles. The fourth-order valence-corrected chi connectivity index (χ4v) is 4.89. The lowest BCUT2D eigenvalue weighted by atomic mass is 10.2. The summed E-state index contributed by atoms with van der Waals surface area (Å²) in [6.07, 6.45) is -3.59. The van der Waals surface area contributed by atoms with Gasteiger partial charge in [-0.15, -0.1) is 13.2 Å². The summed E-state index contributed by atoms with van der Waals surface area (Å²) in [6.45, 7) is 2.60. The van der Waals surface area contributed by atoms with Gasteiger partial charge >= 0.3 is 6.36 Å². The molecule has 1 aliphatic rings. The van der Waals surface area contributed by atoms with Crippen molar-refractivity contribution in [2.24, 2.45) is 0 Å². The average Bonchev–Trinajstić information content (AvgIpc) is 2.88. The molecule has 37 heavy (non-hydrogen) atoms. The van der Waals surface area contributed by atoms with E-state index in [4.69, 9.17) is 4.74 Å². The van der Waals surface area contributed by atoms with Gasteiger partial charge in [-0.2, -0.15) is 5.26 Å². The van der Waals surface area contributed by atoms with Crippen molar-refractivity contribution in [1.29, 1.82) is 5.26 Å². The van der Waals surface area contributed by atoms with E-state index in [-0.39, 0.29) is 16.1 Å². The average molecular weight is 534 g/mol. The molecule has 4 rings (SSSR count). The maximum atomic E-state index is 12.7. The highest BCUT2D eigenvalue weighted by atomic mass is 32.2. The standard InChI is InChI=1S/C24H22F3N5O4S/c1-35-20-4-2-19(3-5-20)31-10-12-32(13-11-31)23-17(15-28)14-18(16-29-23)30-37(33,34)22-8-6-21(7-9-22)36-24(25,26)27/h2-9,14,16,30H,10-13H2,1H3. The van der Waals surface area contributed by atoms with Gasteiger partial charge in [0.15, 0.2) is 0 Å². The summed E-state index contributed by atoms with van der Waals surface area (Å²) in [4.78, 5) is 8.20. The third-order valence-corrected chi connectivity index (χ3v) is 7.02. The first-order valence-electron chi connectivity index (χ1n) is 11.0. The predicted molar refractivity (Wildman–Crippen MR) is 130 cm³/mol. The number of hydrogen-bond acceptors (Lipinski definition) is 8. The van der Waals surface area contributed by atoms with Gasteiger partial charge in [-0.25, -0.2) is 13.4 Å². The van der Waals surface area contributed by atoms with Gasteiger partial charge in [0.1, 0.15) is 23.4 Å². The maximum absolute atomic E-state index is 12.7. The van der Waals surface area contributed by atoms with Gasteiger partial charge in [0.2, 0.25) is 0 Å². The molecule has 1 saturated heterocycles. The van der Waals surface area contributed by atoms with Crippen LogP contribution in [-0.2, 0) is 10.0 Å². The Morgan fingerprint density at radius 3 is 2.14 bits per heavy atom. The van der Waals surface area contributed by atoms with Gasteiger partial charge < -0.3 is 19.3 Å². The number of alkyl halides is 3. The third kappa shape index (κ3) is 6.34. The summed E-state index contributed by atoms with van der Waals surface area (Å²) in [5, 5.41) is 9.67. The fourth-order valence-electron chi connectivity index (χ4n) is 3.85. The monoisotopic (exact) mass is 533 g/mol. The molecule has 0 saturated carbocycles. The fraction of sp³-hybridized carbons (Fsp3) is 0.250. The minimum Gasteiger partial charge on any atom is -0.497 e. The summed E-state index contributed by atoms with van der Waals surface area (Å²) < 4.78 is 73.6. The molecule has 0 aliphatic carbocycles. The zero-order chi connectivity index (χ0) is 26.6. The molecule has 3 aromatic rings. The zero-order valence-electron chi connectivity index (χ0n) is 19.6. The molecule has 0 bridgehead atoms. The Hall–Kier alpha value is -4.18. The first-order chi connectivity index (χ1) is 17.6. The number of benzene rings is 2. The van der Waals surface area contributed by atoms with Gasteiger partial charge in [-0.3, -0.25) is 4.72 Å². The number of sulfonamides is 1. The van der Waals surface area contributed by atoms with E-state index in [0.717, 1.165) is 35.7 Å². The number of nitriles is 1. The van der Waals surface area contributed by atoms with Crippen molar-refractivity contribution in [2.75, 3.05) is 47.8 Å². The van der Waals surface area contributed by atoms with Crippen LogP contribution in [0.1, 0.15) is 5.56 Å². The Balaban J connectivity index is 1.43. The number of piperazine rings is 1. The van der Waals surface area contributed by atoms with Crippen LogP contribution < -0.4 is 24.0 Å². The highest BCUT2D eigenvalue weighted by Crippen LogP contribution is 2.27. The van der Waals surface area contributed by atoms with E-state index in [0.29, 0.717) is 32.0 Å². The molecule has 9 nitrogen and oxygen atoms in total. The van der Waals surface area contributed by atoms with Crippen LogP contribution in [0.5, 0.6) is 11.5 Å². The first kappa shape index (κ1) is 25.9. The highest BCUT2D eigenvalue weighted by molar-refractivity contribution is 7.92. The number of nitrogens with one attached hydrogen (secondary N) is 1. The molecule has 0 unspecified atom stereocenters. The lowest BCUT2D eigenvalue weighted by molar-refractivity contribution is -0.274.